The molecule has 1 aromatic carbocycles. The summed E-state index contributed by atoms with van der Waals surface area (Å²) in [5.74, 6) is 2.01. The second-order valence-electron chi connectivity index (χ2n) is 3.60. The molecular weight excluding hydrogens is 239 g/mol. The van der Waals surface area contributed by atoms with E-state index in [-0.39, 0.29) is 5.78 Å². The molecule has 0 fully saturated rings. The van der Waals surface area contributed by atoms with Gasteiger partial charge in [0.1, 0.15) is 11.6 Å². The molecule has 0 atom stereocenters. The number of carbonyl (C=O) groups is 1. The van der Waals surface area contributed by atoms with E-state index >= 15 is 0 Å². The van der Waals surface area contributed by atoms with Crippen molar-refractivity contribution in [2.75, 3.05) is 18.1 Å². The van der Waals surface area contributed by atoms with Gasteiger partial charge in [0, 0.05) is 0 Å². The van der Waals surface area contributed by atoms with E-state index in [1.807, 2.05) is 11.8 Å². The molecule has 0 radical (unpaired) electrons. The predicted molar refractivity (Wildman–Crippen MR) is 69.5 cm³/mol. The van der Waals surface area contributed by atoms with E-state index in [0.29, 0.717) is 17.9 Å². The molecule has 0 amide bonds. The average molecular weight is 256 g/mol. The lowest BCUT2D eigenvalue weighted by Crippen LogP contribution is -2.04. The van der Waals surface area contributed by atoms with Crippen molar-refractivity contribution in [1.82, 2.24) is 0 Å². The first-order valence-corrected chi connectivity index (χ1v) is 6.81. The van der Waals surface area contributed by atoms with Crippen LogP contribution in [0.2, 0.25) is 0 Å². The maximum Gasteiger partial charge on any atom is 0.163 e. The summed E-state index contributed by atoms with van der Waals surface area (Å²) in [5.41, 5.74) is 0.313. The van der Waals surface area contributed by atoms with Crippen LogP contribution < -0.4 is 4.74 Å². The molecule has 0 spiro atoms. The summed E-state index contributed by atoms with van der Waals surface area (Å²) in [7, 11) is 0. The van der Waals surface area contributed by atoms with Gasteiger partial charge in [-0.25, -0.2) is 4.39 Å². The second-order valence-corrected chi connectivity index (χ2v) is 4.99. The molecule has 0 unspecified atom stereocenters. The monoisotopic (exact) mass is 256 g/mol. The summed E-state index contributed by atoms with van der Waals surface area (Å²) < 4.78 is 18.5. The second kappa shape index (κ2) is 7.33. The Hall–Kier alpha value is -1.03. The average Bonchev–Trinajstić information content (AvgIpc) is 2.30. The summed E-state index contributed by atoms with van der Waals surface area (Å²) in [5, 5.41) is 0. The van der Waals surface area contributed by atoms with Gasteiger partial charge in [0.2, 0.25) is 0 Å². The van der Waals surface area contributed by atoms with Crippen LogP contribution in [0.15, 0.2) is 18.2 Å². The van der Waals surface area contributed by atoms with Crippen LogP contribution >= 0.6 is 11.8 Å². The number of ketones is 1. The van der Waals surface area contributed by atoms with Crippen molar-refractivity contribution in [3.63, 3.8) is 0 Å². The molecule has 0 aliphatic heterocycles. The van der Waals surface area contributed by atoms with Crippen LogP contribution in [0, 0.1) is 5.82 Å². The molecule has 17 heavy (non-hydrogen) atoms. The van der Waals surface area contributed by atoms with Gasteiger partial charge >= 0.3 is 0 Å². The highest BCUT2D eigenvalue weighted by Crippen LogP contribution is 2.20. The normalized spacial score (nSPS) is 10.3. The Kier molecular flexibility index (Phi) is 6.05. The van der Waals surface area contributed by atoms with Gasteiger partial charge < -0.3 is 4.74 Å². The van der Waals surface area contributed by atoms with E-state index in [9.17, 15) is 9.18 Å². The molecular formula is C13H17FO2S. The van der Waals surface area contributed by atoms with Crippen LogP contribution in [0.5, 0.6) is 5.75 Å². The molecule has 94 valence electrons. The largest absolute Gasteiger partial charge is 0.493 e. The molecule has 0 saturated heterocycles. The van der Waals surface area contributed by atoms with Gasteiger partial charge in [-0.3, -0.25) is 4.79 Å². The summed E-state index contributed by atoms with van der Waals surface area (Å²) >= 11 is 1.85. The van der Waals surface area contributed by atoms with Gasteiger partial charge in [0.25, 0.3) is 0 Å². The van der Waals surface area contributed by atoms with Crippen LogP contribution in [-0.4, -0.2) is 23.9 Å². The SMILES string of the molecule is CCSCCCOc1ccc(F)cc1C(C)=O. The minimum Gasteiger partial charge on any atom is -0.493 e. The van der Waals surface area contributed by atoms with Crippen LogP contribution in [0.25, 0.3) is 0 Å². The number of ether oxygens (including phenoxy) is 1. The highest BCUT2D eigenvalue weighted by atomic mass is 32.2. The van der Waals surface area contributed by atoms with Crippen molar-refractivity contribution in [3.05, 3.63) is 29.6 Å². The zero-order valence-electron chi connectivity index (χ0n) is 10.2. The van der Waals surface area contributed by atoms with E-state index in [2.05, 4.69) is 6.92 Å². The summed E-state index contributed by atoms with van der Waals surface area (Å²) in [6.45, 7) is 4.08. The van der Waals surface area contributed by atoms with Crippen molar-refractivity contribution in [1.29, 1.82) is 0 Å². The first-order valence-electron chi connectivity index (χ1n) is 5.66. The maximum absolute atomic E-state index is 13.0. The van der Waals surface area contributed by atoms with Crippen LogP contribution in [0.3, 0.4) is 0 Å². The summed E-state index contributed by atoms with van der Waals surface area (Å²) in [6.07, 6.45) is 0.924. The van der Waals surface area contributed by atoms with E-state index in [4.69, 9.17) is 4.74 Å². The minimum atomic E-state index is -0.413. The molecule has 1 aromatic rings. The fourth-order valence-electron chi connectivity index (χ4n) is 1.39. The van der Waals surface area contributed by atoms with Crippen molar-refractivity contribution >= 4 is 17.5 Å². The minimum absolute atomic E-state index is 0.178. The lowest BCUT2D eigenvalue weighted by molar-refractivity contribution is 0.101. The number of Topliss-reactive ketones (excluding diaryl/α,β-unsaturated/α-hetero) is 1. The lowest BCUT2D eigenvalue weighted by Gasteiger charge is -2.09. The first-order chi connectivity index (χ1) is 8.15. The Morgan fingerprint density at radius 3 is 2.88 bits per heavy atom. The zero-order chi connectivity index (χ0) is 12.7. The Morgan fingerprint density at radius 1 is 1.47 bits per heavy atom. The van der Waals surface area contributed by atoms with Crippen LogP contribution in [-0.2, 0) is 0 Å². The molecule has 0 saturated carbocycles. The van der Waals surface area contributed by atoms with Crippen molar-refractivity contribution in [2.24, 2.45) is 0 Å². The van der Waals surface area contributed by atoms with E-state index in [1.165, 1.54) is 25.1 Å². The van der Waals surface area contributed by atoms with Gasteiger partial charge in [-0.05, 0) is 43.0 Å². The highest BCUT2D eigenvalue weighted by Gasteiger charge is 2.09. The standard InChI is InChI=1S/C13H17FO2S/c1-3-17-8-4-7-16-13-6-5-11(14)9-12(13)10(2)15/h5-6,9H,3-4,7-8H2,1-2H3. The number of carbonyl (C=O) groups excluding carboxylic acids is 1. The Bertz CT molecular complexity index is 380. The van der Waals surface area contributed by atoms with Gasteiger partial charge in [-0.2, -0.15) is 11.8 Å². The third-order valence-electron chi connectivity index (χ3n) is 2.22. The number of rotatable bonds is 7. The van der Waals surface area contributed by atoms with Crippen molar-refractivity contribution in [2.45, 2.75) is 20.3 Å². The molecule has 0 bridgehead atoms. The molecule has 2 nitrogen and oxygen atoms in total. The highest BCUT2D eigenvalue weighted by molar-refractivity contribution is 7.99. The molecule has 0 N–H and O–H groups in total. The van der Waals surface area contributed by atoms with Crippen molar-refractivity contribution < 1.29 is 13.9 Å². The zero-order valence-corrected chi connectivity index (χ0v) is 11.0. The summed E-state index contributed by atoms with van der Waals surface area (Å²) in [4.78, 5) is 11.3. The molecule has 4 heteroatoms. The Morgan fingerprint density at radius 2 is 2.24 bits per heavy atom. The van der Waals surface area contributed by atoms with Gasteiger partial charge in [0.15, 0.2) is 5.78 Å². The van der Waals surface area contributed by atoms with Gasteiger partial charge in [-0.15, -0.1) is 0 Å². The maximum atomic E-state index is 13.0. The number of hydrogen-bond donors (Lipinski definition) is 0. The number of halogens is 1. The quantitative estimate of drug-likeness (QED) is 0.551. The fourth-order valence-corrected chi connectivity index (χ4v) is 2.00. The molecule has 0 aromatic heterocycles. The molecule has 0 aliphatic rings. The summed E-state index contributed by atoms with van der Waals surface area (Å²) in [6, 6.07) is 4.04. The topological polar surface area (TPSA) is 26.3 Å². The Balaban J connectivity index is 2.55. The van der Waals surface area contributed by atoms with Gasteiger partial charge in [0.05, 0.1) is 12.2 Å². The van der Waals surface area contributed by atoms with Crippen LogP contribution in [0.1, 0.15) is 30.6 Å². The van der Waals surface area contributed by atoms with Gasteiger partial charge in [-0.1, -0.05) is 6.92 Å². The fraction of sp³-hybridized carbons (Fsp3) is 0.462. The van der Waals surface area contributed by atoms with E-state index in [1.54, 1.807) is 0 Å². The van der Waals surface area contributed by atoms with E-state index in [0.717, 1.165) is 17.9 Å². The molecule has 0 aliphatic carbocycles. The Labute approximate surface area is 106 Å². The number of benzene rings is 1. The predicted octanol–water partition coefficient (Wildman–Crippen LogP) is 3.55. The third-order valence-corrected chi connectivity index (χ3v) is 3.20. The number of thioether (sulfide) groups is 1. The third kappa shape index (κ3) is 4.77. The molecule has 1 rings (SSSR count). The van der Waals surface area contributed by atoms with E-state index < -0.39 is 5.82 Å². The molecule has 0 heterocycles. The van der Waals surface area contributed by atoms with Crippen LogP contribution in [0.4, 0.5) is 4.39 Å². The number of hydrogen-bond acceptors (Lipinski definition) is 3. The lowest BCUT2D eigenvalue weighted by atomic mass is 10.1. The van der Waals surface area contributed by atoms with Crippen molar-refractivity contribution in [3.8, 4) is 5.75 Å². The smallest absolute Gasteiger partial charge is 0.163 e. The first kappa shape index (κ1) is 14.0.